The van der Waals surface area contributed by atoms with Gasteiger partial charge in [-0.25, -0.2) is 4.39 Å². The van der Waals surface area contributed by atoms with Crippen molar-refractivity contribution < 1.29 is 23.5 Å². The highest BCUT2D eigenvalue weighted by molar-refractivity contribution is 7.80. The van der Waals surface area contributed by atoms with Crippen molar-refractivity contribution in [3.8, 4) is 11.5 Å². The summed E-state index contributed by atoms with van der Waals surface area (Å²) in [6, 6.07) is 11.3. The molecule has 2 aromatic rings. The van der Waals surface area contributed by atoms with Gasteiger partial charge in [0.15, 0.2) is 16.6 Å². The van der Waals surface area contributed by atoms with Crippen molar-refractivity contribution in [3.63, 3.8) is 0 Å². The van der Waals surface area contributed by atoms with E-state index >= 15 is 0 Å². The van der Waals surface area contributed by atoms with Crippen LogP contribution in [-0.2, 0) is 16.2 Å². The van der Waals surface area contributed by atoms with E-state index in [1.54, 1.807) is 36.4 Å². The molecule has 1 aliphatic rings. The van der Waals surface area contributed by atoms with E-state index in [4.69, 9.17) is 21.7 Å². The molecule has 0 aromatic heterocycles. The molecule has 2 amide bonds. The Hall–Kier alpha value is -3.26. The van der Waals surface area contributed by atoms with Gasteiger partial charge in [-0.3, -0.25) is 19.8 Å². The molecule has 0 radical (unpaired) electrons. The fourth-order valence-corrected chi connectivity index (χ4v) is 2.86. The lowest BCUT2D eigenvalue weighted by Crippen LogP contribution is -2.52. The van der Waals surface area contributed by atoms with Gasteiger partial charge in [-0.2, -0.15) is 0 Å². The van der Waals surface area contributed by atoms with Gasteiger partial charge in [0, 0.05) is 12.6 Å². The number of rotatable bonds is 6. The largest absolute Gasteiger partial charge is 0.490 e. The van der Waals surface area contributed by atoms with E-state index < -0.39 is 11.8 Å². The second-order valence-electron chi connectivity index (χ2n) is 6.20. The van der Waals surface area contributed by atoms with Crippen LogP contribution in [0.1, 0.15) is 18.1 Å². The molecule has 2 aromatic carbocycles. The summed E-state index contributed by atoms with van der Waals surface area (Å²) in [5.74, 6) is -0.552. The van der Waals surface area contributed by atoms with Crippen molar-refractivity contribution in [2.24, 2.45) is 0 Å². The molecule has 0 unspecified atom stereocenters. The predicted octanol–water partition coefficient (Wildman–Crippen LogP) is 3.06. The Balaban J connectivity index is 1.86. The highest BCUT2D eigenvalue weighted by Crippen LogP contribution is 2.30. The Labute approximate surface area is 172 Å². The van der Waals surface area contributed by atoms with E-state index in [0.717, 1.165) is 0 Å². The second kappa shape index (κ2) is 8.83. The Bertz CT molecular complexity index is 1010. The number of hydrogen-bond acceptors (Lipinski definition) is 5. The summed E-state index contributed by atoms with van der Waals surface area (Å²) in [5, 5.41) is 2.52. The van der Waals surface area contributed by atoms with Gasteiger partial charge in [0.1, 0.15) is 18.0 Å². The van der Waals surface area contributed by atoms with Crippen molar-refractivity contribution >= 4 is 35.2 Å². The zero-order valence-electron chi connectivity index (χ0n) is 15.9. The van der Waals surface area contributed by atoms with Crippen molar-refractivity contribution in [3.05, 3.63) is 65.0 Å². The van der Waals surface area contributed by atoms with Crippen LogP contribution >= 0.6 is 12.2 Å². The summed E-state index contributed by atoms with van der Waals surface area (Å²) >= 11 is 4.93. The van der Waals surface area contributed by atoms with Gasteiger partial charge < -0.3 is 9.47 Å². The molecule has 29 heavy (non-hydrogen) atoms. The van der Waals surface area contributed by atoms with E-state index in [1.807, 2.05) is 6.92 Å². The van der Waals surface area contributed by atoms with Crippen LogP contribution in [0.3, 0.4) is 0 Å². The summed E-state index contributed by atoms with van der Waals surface area (Å²) in [4.78, 5) is 25.7. The first-order valence-corrected chi connectivity index (χ1v) is 9.29. The van der Waals surface area contributed by atoms with Crippen molar-refractivity contribution in [1.29, 1.82) is 0 Å². The number of thiocarbonyl (C=S) groups is 1. The van der Waals surface area contributed by atoms with Crippen molar-refractivity contribution in [2.75, 3.05) is 13.7 Å². The quantitative estimate of drug-likeness (QED) is 0.447. The highest BCUT2D eigenvalue weighted by atomic mass is 32.1. The molecule has 0 bridgehead atoms. The average Bonchev–Trinajstić information content (AvgIpc) is 2.70. The first-order chi connectivity index (χ1) is 13.9. The SMILES string of the molecule is CCOc1cc(/C=C2\C(=O)NC(=S)N(C)C2=O)ccc1OCc1ccccc1F. The van der Waals surface area contributed by atoms with E-state index in [1.165, 1.54) is 24.1 Å². The average molecular weight is 414 g/mol. The van der Waals surface area contributed by atoms with Crippen LogP contribution in [0, 0.1) is 5.82 Å². The molecule has 1 heterocycles. The number of carbonyl (C=O) groups excluding carboxylic acids is 2. The third-order valence-corrected chi connectivity index (χ3v) is 4.60. The zero-order chi connectivity index (χ0) is 21.0. The number of halogens is 1. The lowest BCUT2D eigenvalue weighted by Gasteiger charge is -2.25. The number of likely N-dealkylation sites (N-methyl/N-ethyl adjacent to an activating group) is 1. The minimum atomic E-state index is -0.559. The predicted molar refractivity (Wildman–Crippen MR) is 110 cm³/mol. The number of nitrogens with one attached hydrogen (secondary N) is 1. The van der Waals surface area contributed by atoms with Crippen LogP contribution in [0.2, 0.25) is 0 Å². The molecule has 6 nitrogen and oxygen atoms in total. The third kappa shape index (κ3) is 4.60. The first kappa shape index (κ1) is 20.5. The van der Waals surface area contributed by atoms with Crippen molar-refractivity contribution in [2.45, 2.75) is 13.5 Å². The summed E-state index contributed by atoms with van der Waals surface area (Å²) in [7, 11) is 1.49. The van der Waals surface area contributed by atoms with Gasteiger partial charge in [0.2, 0.25) is 0 Å². The van der Waals surface area contributed by atoms with Gasteiger partial charge in [-0.05, 0) is 49.0 Å². The number of carbonyl (C=O) groups is 2. The van der Waals surface area contributed by atoms with E-state index in [9.17, 15) is 14.0 Å². The molecular formula is C21H19FN2O4S. The maximum atomic E-state index is 13.8. The maximum Gasteiger partial charge on any atom is 0.265 e. The molecule has 1 N–H and O–H groups in total. The van der Waals surface area contributed by atoms with Gasteiger partial charge in [0.25, 0.3) is 11.8 Å². The number of nitrogens with zero attached hydrogens (tertiary/aromatic N) is 1. The minimum absolute atomic E-state index is 0.0380. The molecule has 3 rings (SSSR count). The number of hydrogen-bond donors (Lipinski definition) is 1. The molecule has 1 aliphatic heterocycles. The smallest absolute Gasteiger partial charge is 0.265 e. The topological polar surface area (TPSA) is 67.9 Å². The Morgan fingerprint density at radius 1 is 1.14 bits per heavy atom. The zero-order valence-corrected chi connectivity index (χ0v) is 16.7. The van der Waals surface area contributed by atoms with Gasteiger partial charge in [-0.15, -0.1) is 0 Å². The molecule has 8 heteroatoms. The third-order valence-electron chi connectivity index (χ3n) is 4.22. The van der Waals surface area contributed by atoms with Crippen LogP contribution in [0.25, 0.3) is 6.08 Å². The Kier molecular flexibility index (Phi) is 6.23. The second-order valence-corrected chi connectivity index (χ2v) is 6.59. The van der Waals surface area contributed by atoms with Crippen LogP contribution in [0.4, 0.5) is 4.39 Å². The van der Waals surface area contributed by atoms with Crippen LogP contribution < -0.4 is 14.8 Å². The van der Waals surface area contributed by atoms with Crippen LogP contribution in [0.15, 0.2) is 48.0 Å². The molecule has 0 saturated carbocycles. The van der Waals surface area contributed by atoms with E-state index in [0.29, 0.717) is 29.2 Å². The lowest BCUT2D eigenvalue weighted by atomic mass is 10.1. The van der Waals surface area contributed by atoms with Crippen LogP contribution in [0.5, 0.6) is 11.5 Å². The Morgan fingerprint density at radius 2 is 1.90 bits per heavy atom. The summed E-state index contributed by atoms with van der Waals surface area (Å²) in [6.07, 6.45) is 1.46. The highest BCUT2D eigenvalue weighted by Gasteiger charge is 2.30. The van der Waals surface area contributed by atoms with Crippen molar-refractivity contribution in [1.82, 2.24) is 10.2 Å². The molecular weight excluding hydrogens is 395 g/mol. The summed E-state index contributed by atoms with van der Waals surface area (Å²) in [6.45, 7) is 2.24. The monoisotopic (exact) mass is 414 g/mol. The molecule has 0 aliphatic carbocycles. The fraction of sp³-hybridized carbons (Fsp3) is 0.190. The van der Waals surface area contributed by atoms with E-state index in [2.05, 4.69) is 5.32 Å². The fourth-order valence-electron chi connectivity index (χ4n) is 2.69. The number of ether oxygens (including phenoxy) is 2. The summed E-state index contributed by atoms with van der Waals surface area (Å²) in [5.41, 5.74) is 0.958. The molecule has 150 valence electrons. The minimum Gasteiger partial charge on any atom is -0.490 e. The molecule has 1 fully saturated rings. The molecule has 0 atom stereocenters. The standard InChI is InChI=1S/C21H19FN2O4S/c1-3-27-18-11-13(10-15-19(25)23-21(29)24(2)20(15)26)8-9-17(18)28-12-14-6-4-5-7-16(14)22/h4-11H,3,12H2,1-2H3,(H,23,25,29)/b15-10+. The number of amides is 2. The van der Waals surface area contributed by atoms with Gasteiger partial charge >= 0.3 is 0 Å². The normalized spacial score (nSPS) is 15.5. The van der Waals surface area contributed by atoms with E-state index in [-0.39, 0.29) is 23.1 Å². The van der Waals surface area contributed by atoms with Crippen LogP contribution in [-0.4, -0.2) is 35.5 Å². The summed E-state index contributed by atoms with van der Waals surface area (Å²) < 4.78 is 25.1. The molecule has 1 saturated heterocycles. The maximum absolute atomic E-state index is 13.8. The number of benzene rings is 2. The first-order valence-electron chi connectivity index (χ1n) is 8.88. The van der Waals surface area contributed by atoms with Gasteiger partial charge in [-0.1, -0.05) is 24.3 Å². The Morgan fingerprint density at radius 3 is 2.62 bits per heavy atom. The lowest BCUT2D eigenvalue weighted by molar-refractivity contribution is -0.128. The van der Waals surface area contributed by atoms with Gasteiger partial charge in [0.05, 0.1) is 6.61 Å². The molecule has 0 spiro atoms.